The van der Waals surface area contributed by atoms with E-state index in [4.69, 9.17) is 4.74 Å². The molecule has 1 aromatic heterocycles. The summed E-state index contributed by atoms with van der Waals surface area (Å²) >= 11 is 1.17. The van der Waals surface area contributed by atoms with E-state index in [0.29, 0.717) is 29.0 Å². The first-order valence-corrected chi connectivity index (χ1v) is 9.23. The Hall–Kier alpha value is -2.73. The monoisotopic (exact) mass is 367 g/mol. The zero-order chi connectivity index (χ0) is 18.5. The Kier molecular flexibility index (Phi) is 5.63. The highest BCUT2D eigenvalue weighted by Crippen LogP contribution is 2.22. The van der Waals surface area contributed by atoms with Crippen LogP contribution in [0.2, 0.25) is 0 Å². The third-order valence-corrected chi connectivity index (χ3v) is 4.29. The van der Waals surface area contributed by atoms with Gasteiger partial charge in [0.15, 0.2) is 5.82 Å². The number of benzene rings is 2. The van der Waals surface area contributed by atoms with Crippen molar-refractivity contribution in [2.24, 2.45) is 5.92 Å². The van der Waals surface area contributed by atoms with E-state index in [-0.39, 0.29) is 5.91 Å². The Morgan fingerprint density at radius 2 is 1.81 bits per heavy atom. The number of carbonyl (C=O) groups is 1. The minimum Gasteiger partial charge on any atom is -0.493 e. The maximum atomic E-state index is 12.4. The van der Waals surface area contributed by atoms with Crippen molar-refractivity contribution in [3.05, 3.63) is 59.7 Å². The molecule has 0 radical (unpaired) electrons. The largest absolute Gasteiger partial charge is 0.493 e. The number of aromatic nitrogens is 2. The summed E-state index contributed by atoms with van der Waals surface area (Å²) in [6.45, 7) is 6.87. The van der Waals surface area contributed by atoms with E-state index in [1.165, 1.54) is 17.1 Å². The van der Waals surface area contributed by atoms with Gasteiger partial charge in [0.1, 0.15) is 5.75 Å². The van der Waals surface area contributed by atoms with E-state index in [0.717, 1.165) is 11.3 Å². The highest BCUT2D eigenvalue weighted by atomic mass is 32.1. The van der Waals surface area contributed by atoms with Crippen LogP contribution in [0, 0.1) is 12.8 Å². The van der Waals surface area contributed by atoms with Crippen LogP contribution in [0.5, 0.6) is 5.75 Å². The lowest BCUT2D eigenvalue weighted by molar-refractivity contribution is 0.102. The first-order valence-electron chi connectivity index (χ1n) is 8.46. The maximum Gasteiger partial charge on any atom is 0.257 e. The fraction of sp³-hybridized carbons (Fsp3) is 0.250. The number of carbonyl (C=O) groups excluding carboxylic acids is 1. The van der Waals surface area contributed by atoms with Crippen molar-refractivity contribution in [1.29, 1.82) is 0 Å². The van der Waals surface area contributed by atoms with Crippen LogP contribution in [0.15, 0.2) is 48.5 Å². The minimum atomic E-state index is -0.216. The van der Waals surface area contributed by atoms with E-state index in [1.54, 1.807) is 24.3 Å². The van der Waals surface area contributed by atoms with Gasteiger partial charge in [-0.2, -0.15) is 9.36 Å². The van der Waals surface area contributed by atoms with Crippen molar-refractivity contribution in [3.63, 3.8) is 0 Å². The molecule has 5 nitrogen and oxygen atoms in total. The average Bonchev–Trinajstić information content (AvgIpc) is 3.09. The summed E-state index contributed by atoms with van der Waals surface area (Å²) < 4.78 is 9.94. The molecule has 1 heterocycles. The van der Waals surface area contributed by atoms with Gasteiger partial charge in [0.25, 0.3) is 5.91 Å². The Morgan fingerprint density at radius 1 is 1.12 bits per heavy atom. The van der Waals surface area contributed by atoms with Crippen LogP contribution in [-0.2, 0) is 0 Å². The number of nitrogens with one attached hydrogen (secondary N) is 1. The number of hydrogen-bond donors (Lipinski definition) is 1. The molecule has 2 aromatic carbocycles. The topological polar surface area (TPSA) is 64.1 Å². The quantitative estimate of drug-likeness (QED) is 0.680. The van der Waals surface area contributed by atoms with Crippen molar-refractivity contribution in [3.8, 4) is 17.1 Å². The Bertz CT molecular complexity index is 871. The molecule has 0 saturated heterocycles. The maximum absolute atomic E-state index is 12.4. The third kappa shape index (κ3) is 4.67. The van der Waals surface area contributed by atoms with E-state index in [9.17, 15) is 4.79 Å². The van der Waals surface area contributed by atoms with E-state index in [2.05, 4.69) is 28.5 Å². The van der Waals surface area contributed by atoms with E-state index < -0.39 is 0 Å². The van der Waals surface area contributed by atoms with Crippen LogP contribution < -0.4 is 10.1 Å². The molecule has 0 atom stereocenters. The number of aryl methyl sites for hydroxylation is 1. The zero-order valence-corrected chi connectivity index (χ0v) is 15.8. The molecule has 1 N–H and O–H groups in total. The molecule has 0 spiro atoms. The molecule has 0 aliphatic rings. The lowest BCUT2D eigenvalue weighted by Gasteiger charge is -2.09. The second kappa shape index (κ2) is 8.10. The standard InChI is InChI=1S/C20H21N3O2S/c1-13(2)12-25-17-10-8-16(9-11-17)19(24)22-20-21-18(23-26-20)15-6-4-14(3)5-7-15/h4-11,13H,12H2,1-3H3,(H,21,22,23,24). The molecule has 1 amide bonds. The van der Waals surface area contributed by atoms with Crippen molar-refractivity contribution in [2.75, 3.05) is 11.9 Å². The summed E-state index contributed by atoms with van der Waals surface area (Å²) in [7, 11) is 0. The van der Waals surface area contributed by atoms with Gasteiger partial charge in [-0.15, -0.1) is 0 Å². The van der Waals surface area contributed by atoms with Gasteiger partial charge in [-0.05, 0) is 37.1 Å². The molecule has 3 aromatic rings. The van der Waals surface area contributed by atoms with Gasteiger partial charge in [0.2, 0.25) is 5.13 Å². The molecule has 3 rings (SSSR count). The molecule has 0 saturated carbocycles. The molecule has 0 fully saturated rings. The number of anilines is 1. The first-order chi connectivity index (χ1) is 12.5. The Balaban J connectivity index is 1.64. The third-order valence-electron chi connectivity index (χ3n) is 3.66. The number of ether oxygens (including phenoxy) is 1. The predicted molar refractivity (Wildman–Crippen MR) is 105 cm³/mol. The Morgan fingerprint density at radius 3 is 2.46 bits per heavy atom. The minimum absolute atomic E-state index is 0.216. The number of nitrogens with zero attached hydrogens (tertiary/aromatic N) is 2. The normalized spacial score (nSPS) is 10.8. The zero-order valence-electron chi connectivity index (χ0n) is 15.0. The summed E-state index contributed by atoms with van der Waals surface area (Å²) in [4.78, 5) is 16.8. The van der Waals surface area contributed by atoms with Gasteiger partial charge in [0, 0.05) is 22.7 Å². The number of amides is 1. The number of hydrogen-bond acceptors (Lipinski definition) is 5. The van der Waals surface area contributed by atoms with Crippen molar-refractivity contribution < 1.29 is 9.53 Å². The van der Waals surface area contributed by atoms with Gasteiger partial charge in [-0.25, -0.2) is 0 Å². The first kappa shape index (κ1) is 18.1. The fourth-order valence-electron chi connectivity index (χ4n) is 2.23. The molecule has 0 aliphatic carbocycles. The van der Waals surface area contributed by atoms with Crippen LogP contribution >= 0.6 is 11.5 Å². The average molecular weight is 367 g/mol. The molecular formula is C20H21N3O2S. The summed E-state index contributed by atoms with van der Waals surface area (Å²) in [5.74, 6) is 1.61. The van der Waals surface area contributed by atoms with Gasteiger partial charge >= 0.3 is 0 Å². The van der Waals surface area contributed by atoms with Crippen LogP contribution in [0.3, 0.4) is 0 Å². The van der Waals surface area contributed by atoms with Crippen LogP contribution in [0.1, 0.15) is 29.8 Å². The van der Waals surface area contributed by atoms with E-state index in [1.807, 2.05) is 31.2 Å². The smallest absolute Gasteiger partial charge is 0.257 e. The molecule has 26 heavy (non-hydrogen) atoms. The molecule has 0 unspecified atom stereocenters. The molecule has 6 heteroatoms. The lowest BCUT2D eigenvalue weighted by atomic mass is 10.1. The van der Waals surface area contributed by atoms with Crippen LogP contribution in [0.4, 0.5) is 5.13 Å². The molecule has 134 valence electrons. The summed E-state index contributed by atoms with van der Waals surface area (Å²) in [6.07, 6.45) is 0. The van der Waals surface area contributed by atoms with E-state index >= 15 is 0 Å². The highest BCUT2D eigenvalue weighted by molar-refractivity contribution is 7.10. The van der Waals surface area contributed by atoms with Crippen molar-refractivity contribution in [2.45, 2.75) is 20.8 Å². The SMILES string of the molecule is Cc1ccc(-c2nsc(NC(=O)c3ccc(OCC(C)C)cc3)n2)cc1. The van der Waals surface area contributed by atoms with Gasteiger partial charge in [-0.1, -0.05) is 43.7 Å². The van der Waals surface area contributed by atoms with Crippen molar-refractivity contribution in [1.82, 2.24) is 9.36 Å². The second-order valence-electron chi connectivity index (χ2n) is 6.47. The summed E-state index contributed by atoms with van der Waals surface area (Å²) in [5.41, 5.74) is 2.66. The molecule has 0 bridgehead atoms. The molecular weight excluding hydrogens is 346 g/mol. The predicted octanol–water partition coefficient (Wildman–Crippen LogP) is 4.80. The lowest BCUT2D eigenvalue weighted by Crippen LogP contribution is -2.11. The summed E-state index contributed by atoms with van der Waals surface area (Å²) in [5, 5.41) is 3.27. The second-order valence-corrected chi connectivity index (χ2v) is 7.22. The molecule has 0 aliphatic heterocycles. The van der Waals surface area contributed by atoms with Gasteiger partial charge in [0.05, 0.1) is 6.61 Å². The van der Waals surface area contributed by atoms with Crippen LogP contribution in [-0.4, -0.2) is 21.9 Å². The van der Waals surface area contributed by atoms with Gasteiger partial charge < -0.3 is 4.74 Å². The van der Waals surface area contributed by atoms with Crippen molar-refractivity contribution >= 4 is 22.6 Å². The summed E-state index contributed by atoms with van der Waals surface area (Å²) in [6, 6.07) is 15.1. The number of rotatable bonds is 6. The highest BCUT2D eigenvalue weighted by Gasteiger charge is 2.11. The van der Waals surface area contributed by atoms with Gasteiger partial charge in [-0.3, -0.25) is 10.1 Å². The fourth-order valence-corrected chi connectivity index (χ4v) is 2.81. The van der Waals surface area contributed by atoms with Crippen LogP contribution in [0.25, 0.3) is 11.4 Å². The Labute approximate surface area is 157 Å².